The van der Waals surface area contributed by atoms with Crippen LogP contribution in [0.5, 0.6) is 5.75 Å². The molecule has 0 bridgehead atoms. The van der Waals surface area contributed by atoms with E-state index < -0.39 is 0 Å². The van der Waals surface area contributed by atoms with E-state index in [4.69, 9.17) is 14.9 Å². The zero-order chi connectivity index (χ0) is 11.8. The first-order chi connectivity index (χ1) is 8.28. The predicted molar refractivity (Wildman–Crippen MR) is 68.3 cm³/mol. The Hall–Kier alpha value is -2.01. The van der Waals surface area contributed by atoms with Crippen LogP contribution in [0.2, 0.25) is 0 Å². The summed E-state index contributed by atoms with van der Waals surface area (Å²) >= 11 is 1.53. The number of hydrogen-bond acceptors (Lipinski definition) is 5. The molecule has 3 rings (SSSR count). The van der Waals surface area contributed by atoms with Crippen molar-refractivity contribution in [2.75, 3.05) is 12.8 Å². The van der Waals surface area contributed by atoms with Crippen LogP contribution in [-0.4, -0.2) is 12.1 Å². The number of para-hydroxylation sites is 1. The summed E-state index contributed by atoms with van der Waals surface area (Å²) in [6, 6.07) is 7.41. The van der Waals surface area contributed by atoms with Gasteiger partial charge in [-0.15, -0.1) is 11.3 Å². The molecule has 0 aliphatic rings. The summed E-state index contributed by atoms with van der Waals surface area (Å²) < 4.78 is 10.8. The second kappa shape index (κ2) is 3.78. The number of nitrogen functional groups attached to an aromatic ring is 1. The highest BCUT2D eigenvalue weighted by atomic mass is 32.1. The van der Waals surface area contributed by atoms with E-state index >= 15 is 0 Å². The molecule has 4 nitrogen and oxygen atoms in total. The maximum atomic E-state index is 5.84. The Morgan fingerprint density at radius 2 is 2.29 bits per heavy atom. The average molecular weight is 246 g/mol. The van der Waals surface area contributed by atoms with Gasteiger partial charge in [0.2, 0.25) is 5.89 Å². The van der Waals surface area contributed by atoms with Crippen molar-refractivity contribution < 1.29 is 9.15 Å². The summed E-state index contributed by atoms with van der Waals surface area (Å²) in [4.78, 5) is 5.32. The molecule has 0 aliphatic carbocycles. The predicted octanol–water partition coefficient (Wildman–Crippen LogP) is 3.15. The van der Waals surface area contributed by atoms with Crippen LogP contribution in [0, 0.1) is 0 Å². The van der Waals surface area contributed by atoms with E-state index in [0.29, 0.717) is 22.7 Å². The second-order valence-corrected chi connectivity index (χ2v) is 4.48. The third-order valence-corrected chi connectivity index (χ3v) is 3.37. The highest BCUT2D eigenvalue weighted by Crippen LogP contribution is 2.33. The van der Waals surface area contributed by atoms with Crippen molar-refractivity contribution in [1.29, 1.82) is 0 Å². The number of aromatic nitrogens is 1. The molecule has 3 aromatic rings. The standard InChI is InChI=1S/C12H10N2O2S/c1-15-7-5-10(17-6-7)12-14-11-8(13)3-2-4-9(11)16-12/h2-6H,13H2,1H3. The Morgan fingerprint density at radius 3 is 3.00 bits per heavy atom. The van der Waals surface area contributed by atoms with Crippen molar-refractivity contribution in [3.8, 4) is 16.5 Å². The molecule has 0 saturated heterocycles. The molecule has 1 aromatic carbocycles. The first-order valence-corrected chi connectivity index (χ1v) is 5.94. The first kappa shape index (κ1) is 10.2. The topological polar surface area (TPSA) is 61.3 Å². The Kier molecular flexibility index (Phi) is 2.26. The van der Waals surface area contributed by atoms with Crippen molar-refractivity contribution in [2.24, 2.45) is 0 Å². The van der Waals surface area contributed by atoms with Gasteiger partial charge in [0.05, 0.1) is 17.7 Å². The number of nitrogens with zero attached hydrogens (tertiary/aromatic N) is 1. The fourth-order valence-corrected chi connectivity index (χ4v) is 2.39. The molecule has 2 aromatic heterocycles. The summed E-state index contributed by atoms with van der Waals surface area (Å²) in [5.74, 6) is 1.38. The van der Waals surface area contributed by atoms with Crippen LogP contribution in [0.1, 0.15) is 0 Å². The minimum Gasteiger partial charge on any atom is -0.496 e. The van der Waals surface area contributed by atoms with Gasteiger partial charge in [-0.3, -0.25) is 0 Å². The zero-order valence-corrected chi connectivity index (χ0v) is 9.95. The number of rotatable bonds is 2. The number of anilines is 1. The average Bonchev–Trinajstić information content (AvgIpc) is 2.95. The molecular weight excluding hydrogens is 236 g/mol. The van der Waals surface area contributed by atoms with E-state index in [2.05, 4.69) is 4.98 Å². The number of ether oxygens (including phenoxy) is 1. The van der Waals surface area contributed by atoms with Gasteiger partial charge in [0.25, 0.3) is 0 Å². The third kappa shape index (κ3) is 1.64. The van der Waals surface area contributed by atoms with Crippen LogP contribution in [-0.2, 0) is 0 Å². The maximum absolute atomic E-state index is 5.84. The van der Waals surface area contributed by atoms with Crippen LogP contribution in [0.25, 0.3) is 21.9 Å². The number of methoxy groups -OCH3 is 1. The first-order valence-electron chi connectivity index (χ1n) is 5.06. The number of thiophene rings is 1. The SMILES string of the molecule is COc1csc(-c2nc3c(N)cccc3o2)c1. The molecule has 0 saturated carbocycles. The van der Waals surface area contributed by atoms with E-state index in [1.807, 2.05) is 29.6 Å². The van der Waals surface area contributed by atoms with Gasteiger partial charge in [0.15, 0.2) is 5.58 Å². The Balaban J connectivity index is 2.14. The van der Waals surface area contributed by atoms with E-state index in [-0.39, 0.29) is 0 Å². The van der Waals surface area contributed by atoms with Gasteiger partial charge in [-0.1, -0.05) is 6.07 Å². The summed E-state index contributed by atoms with van der Waals surface area (Å²) in [6.07, 6.45) is 0. The molecule has 0 spiro atoms. The summed E-state index contributed by atoms with van der Waals surface area (Å²) in [5, 5.41) is 1.91. The molecule has 0 fully saturated rings. The molecule has 0 amide bonds. The molecule has 5 heteroatoms. The van der Waals surface area contributed by atoms with E-state index in [9.17, 15) is 0 Å². The van der Waals surface area contributed by atoms with Crippen molar-refractivity contribution in [3.63, 3.8) is 0 Å². The van der Waals surface area contributed by atoms with E-state index in [1.54, 1.807) is 7.11 Å². The van der Waals surface area contributed by atoms with Crippen LogP contribution in [0.3, 0.4) is 0 Å². The van der Waals surface area contributed by atoms with Gasteiger partial charge in [-0.05, 0) is 12.1 Å². The highest BCUT2D eigenvalue weighted by Gasteiger charge is 2.12. The minimum atomic E-state index is 0.575. The number of oxazole rings is 1. The van der Waals surface area contributed by atoms with Crippen molar-refractivity contribution >= 4 is 28.1 Å². The van der Waals surface area contributed by atoms with Crippen molar-refractivity contribution in [3.05, 3.63) is 29.6 Å². The number of hydrogen-bond donors (Lipinski definition) is 1. The lowest BCUT2D eigenvalue weighted by molar-refractivity contribution is 0.416. The molecule has 17 heavy (non-hydrogen) atoms. The summed E-state index contributed by atoms with van der Waals surface area (Å²) in [6.45, 7) is 0. The van der Waals surface area contributed by atoms with Crippen LogP contribution in [0.15, 0.2) is 34.1 Å². The zero-order valence-electron chi connectivity index (χ0n) is 9.14. The monoisotopic (exact) mass is 246 g/mol. The fraction of sp³-hybridized carbons (Fsp3) is 0.0833. The molecule has 0 atom stereocenters. The summed E-state index contributed by atoms with van der Waals surface area (Å²) in [7, 11) is 1.63. The van der Waals surface area contributed by atoms with E-state index in [1.165, 1.54) is 11.3 Å². The fourth-order valence-electron chi connectivity index (χ4n) is 1.61. The number of fused-ring (bicyclic) bond motifs is 1. The summed E-state index contributed by atoms with van der Waals surface area (Å²) in [5.41, 5.74) is 7.87. The Bertz CT molecular complexity index is 672. The molecule has 0 radical (unpaired) electrons. The smallest absolute Gasteiger partial charge is 0.237 e. The minimum absolute atomic E-state index is 0.575. The van der Waals surface area contributed by atoms with Gasteiger partial charge >= 0.3 is 0 Å². The van der Waals surface area contributed by atoms with Gasteiger partial charge in [-0.25, -0.2) is 4.98 Å². The van der Waals surface area contributed by atoms with Crippen LogP contribution in [0.4, 0.5) is 5.69 Å². The number of benzene rings is 1. The van der Waals surface area contributed by atoms with Gasteiger partial charge in [0.1, 0.15) is 11.3 Å². The molecule has 0 aliphatic heterocycles. The van der Waals surface area contributed by atoms with E-state index in [0.717, 1.165) is 10.6 Å². The maximum Gasteiger partial charge on any atom is 0.237 e. The van der Waals surface area contributed by atoms with Gasteiger partial charge < -0.3 is 14.9 Å². The molecule has 0 unspecified atom stereocenters. The van der Waals surface area contributed by atoms with Crippen LogP contribution >= 0.6 is 11.3 Å². The van der Waals surface area contributed by atoms with Crippen molar-refractivity contribution in [1.82, 2.24) is 4.98 Å². The molecular formula is C12H10N2O2S. The molecule has 2 N–H and O–H groups in total. The lowest BCUT2D eigenvalue weighted by Gasteiger charge is -1.89. The number of nitrogens with two attached hydrogens (primary N) is 1. The lowest BCUT2D eigenvalue weighted by Crippen LogP contribution is -1.84. The lowest BCUT2D eigenvalue weighted by atomic mass is 10.3. The van der Waals surface area contributed by atoms with Gasteiger partial charge in [-0.2, -0.15) is 0 Å². The quantitative estimate of drug-likeness (QED) is 0.705. The van der Waals surface area contributed by atoms with Gasteiger partial charge in [0, 0.05) is 11.4 Å². The van der Waals surface area contributed by atoms with Crippen LogP contribution < -0.4 is 10.5 Å². The van der Waals surface area contributed by atoms with Crippen molar-refractivity contribution in [2.45, 2.75) is 0 Å². The highest BCUT2D eigenvalue weighted by molar-refractivity contribution is 7.13. The second-order valence-electron chi connectivity index (χ2n) is 3.56. The largest absolute Gasteiger partial charge is 0.496 e. The third-order valence-electron chi connectivity index (χ3n) is 2.47. The normalized spacial score (nSPS) is 10.9. The molecule has 86 valence electrons. The Morgan fingerprint density at radius 1 is 1.41 bits per heavy atom. The molecule has 2 heterocycles. The Labute approximate surface area is 102 Å².